The molecule has 0 aliphatic rings. The summed E-state index contributed by atoms with van der Waals surface area (Å²) in [4.78, 5) is 12.8. The fourth-order valence-corrected chi connectivity index (χ4v) is 3.77. The summed E-state index contributed by atoms with van der Waals surface area (Å²) in [6.45, 7) is 6.77. The Morgan fingerprint density at radius 1 is 0.939 bits per heavy atom. The maximum atomic E-state index is 12.8. The molecule has 0 radical (unpaired) electrons. The summed E-state index contributed by atoms with van der Waals surface area (Å²) < 4.78 is 17.3. The van der Waals surface area contributed by atoms with E-state index in [4.69, 9.17) is 13.9 Å². The van der Waals surface area contributed by atoms with Crippen LogP contribution in [0.4, 0.5) is 5.69 Å². The molecule has 1 N–H and O–H groups in total. The van der Waals surface area contributed by atoms with Gasteiger partial charge in [-0.1, -0.05) is 42.5 Å². The summed E-state index contributed by atoms with van der Waals surface area (Å²) in [6, 6.07) is 21.4. The number of carbonyl (C=O) groups excluding carboxylic acids is 1. The van der Waals surface area contributed by atoms with Crippen molar-refractivity contribution in [2.24, 2.45) is 0 Å². The van der Waals surface area contributed by atoms with Crippen LogP contribution in [0.2, 0.25) is 0 Å². The molecule has 4 aromatic rings. The molecule has 33 heavy (non-hydrogen) atoms. The highest BCUT2D eigenvalue weighted by atomic mass is 16.5. The molecule has 0 fully saturated rings. The number of hydrogen-bond donors (Lipinski definition) is 1. The maximum Gasteiger partial charge on any atom is 0.248 e. The van der Waals surface area contributed by atoms with Crippen molar-refractivity contribution < 1.29 is 18.7 Å². The summed E-state index contributed by atoms with van der Waals surface area (Å²) in [5.74, 6) is 1.08. The van der Waals surface area contributed by atoms with E-state index in [-0.39, 0.29) is 5.91 Å². The fourth-order valence-electron chi connectivity index (χ4n) is 3.77. The van der Waals surface area contributed by atoms with E-state index in [1.807, 2.05) is 87.5 Å². The van der Waals surface area contributed by atoms with Crippen LogP contribution in [-0.4, -0.2) is 19.1 Å². The summed E-state index contributed by atoms with van der Waals surface area (Å²) in [7, 11) is 0. The molecule has 0 atom stereocenters. The number of furan rings is 1. The molecule has 0 spiro atoms. The number of fused-ring (bicyclic) bond motifs is 1. The second-order valence-corrected chi connectivity index (χ2v) is 7.54. The first kappa shape index (κ1) is 22.2. The quantitative estimate of drug-likeness (QED) is 0.301. The standard InChI is InChI=1S/C28H27NO4/c1-4-31-25-14-10-9-13-24(25)29-28(30)15-19(3)21-16-22-23(20-11-7-6-8-12-20)18-33-27(22)17-26(21)32-5-2/h6-18H,4-5H2,1-3H3,(H,29,30)/b19-15+. The van der Waals surface area contributed by atoms with Crippen LogP contribution in [0.3, 0.4) is 0 Å². The van der Waals surface area contributed by atoms with E-state index in [0.29, 0.717) is 30.4 Å². The monoisotopic (exact) mass is 441 g/mol. The van der Waals surface area contributed by atoms with E-state index in [0.717, 1.165) is 33.2 Å². The van der Waals surface area contributed by atoms with Crippen molar-refractivity contribution in [2.45, 2.75) is 20.8 Å². The minimum absolute atomic E-state index is 0.238. The van der Waals surface area contributed by atoms with Gasteiger partial charge in [0.1, 0.15) is 17.1 Å². The molecule has 0 unspecified atom stereocenters. The number of para-hydroxylation sites is 2. The molecule has 168 valence electrons. The molecule has 1 amide bonds. The highest BCUT2D eigenvalue weighted by Gasteiger charge is 2.15. The molecular formula is C28H27NO4. The molecule has 0 aliphatic carbocycles. The Morgan fingerprint density at radius 2 is 1.64 bits per heavy atom. The first-order chi connectivity index (χ1) is 16.1. The lowest BCUT2D eigenvalue weighted by Gasteiger charge is -2.13. The van der Waals surface area contributed by atoms with Gasteiger partial charge < -0.3 is 19.2 Å². The van der Waals surface area contributed by atoms with Crippen molar-refractivity contribution in [3.05, 3.63) is 84.6 Å². The van der Waals surface area contributed by atoms with Crippen molar-refractivity contribution in [1.82, 2.24) is 0 Å². The molecule has 5 nitrogen and oxygen atoms in total. The highest BCUT2D eigenvalue weighted by Crippen LogP contribution is 2.37. The lowest BCUT2D eigenvalue weighted by atomic mass is 9.99. The van der Waals surface area contributed by atoms with Crippen molar-refractivity contribution >= 4 is 28.1 Å². The summed E-state index contributed by atoms with van der Waals surface area (Å²) >= 11 is 0. The molecular weight excluding hydrogens is 414 g/mol. The van der Waals surface area contributed by atoms with Crippen LogP contribution in [0.1, 0.15) is 26.3 Å². The second-order valence-electron chi connectivity index (χ2n) is 7.54. The Balaban J connectivity index is 1.70. The van der Waals surface area contributed by atoms with E-state index < -0.39 is 0 Å². The van der Waals surface area contributed by atoms with Gasteiger partial charge in [0.2, 0.25) is 5.91 Å². The van der Waals surface area contributed by atoms with Gasteiger partial charge in [-0.05, 0) is 50.1 Å². The number of hydrogen-bond acceptors (Lipinski definition) is 4. The van der Waals surface area contributed by atoms with Crippen LogP contribution in [-0.2, 0) is 4.79 Å². The van der Waals surface area contributed by atoms with Crippen molar-refractivity contribution in [1.29, 1.82) is 0 Å². The van der Waals surface area contributed by atoms with Gasteiger partial charge in [0.15, 0.2) is 0 Å². The number of anilines is 1. The van der Waals surface area contributed by atoms with Gasteiger partial charge in [-0.15, -0.1) is 0 Å². The predicted octanol–water partition coefficient (Wildman–Crippen LogP) is 6.94. The van der Waals surface area contributed by atoms with E-state index in [1.165, 1.54) is 0 Å². The van der Waals surface area contributed by atoms with Crippen LogP contribution >= 0.6 is 0 Å². The zero-order chi connectivity index (χ0) is 23.2. The van der Waals surface area contributed by atoms with Gasteiger partial charge >= 0.3 is 0 Å². The zero-order valence-corrected chi connectivity index (χ0v) is 19.1. The van der Waals surface area contributed by atoms with Gasteiger partial charge in [0.05, 0.1) is 25.2 Å². The third-order valence-corrected chi connectivity index (χ3v) is 5.28. The molecule has 1 heterocycles. The highest BCUT2D eigenvalue weighted by molar-refractivity contribution is 6.06. The lowest BCUT2D eigenvalue weighted by molar-refractivity contribution is -0.111. The number of benzene rings is 3. The Morgan fingerprint density at radius 3 is 2.39 bits per heavy atom. The van der Waals surface area contributed by atoms with Crippen molar-refractivity contribution in [2.75, 3.05) is 18.5 Å². The average Bonchev–Trinajstić information content (AvgIpc) is 3.23. The Labute approximate surface area is 193 Å². The number of ether oxygens (including phenoxy) is 2. The third-order valence-electron chi connectivity index (χ3n) is 5.28. The van der Waals surface area contributed by atoms with Gasteiger partial charge in [-0.3, -0.25) is 4.79 Å². The van der Waals surface area contributed by atoms with Crippen molar-refractivity contribution in [3.63, 3.8) is 0 Å². The van der Waals surface area contributed by atoms with Gasteiger partial charge in [0, 0.05) is 28.7 Å². The molecule has 0 aliphatic heterocycles. The van der Waals surface area contributed by atoms with E-state index in [1.54, 1.807) is 12.3 Å². The molecule has 0 saturated heterocycles. The Hall–Kier alpha value is -3.99. The number of carbonyl (C=O) groups is 1. The van der Waals surface area contributed by atoms with Crippen molar-refractivity contribution in [3.8, 4) is 22.6 Å². The minimum atomic E-state index is -0.238. The molecule has 5 heteroatoms. The minimum Gasteiger partial charge on any atom is -0.493 e. The number of amides is 1. The second kappa shape index (κ2) is 10.1. The van der Waals surface area contributed by atoms with Crippen LogP contribution < -0.4 is 14.8 Å². The zero-order valence-electron chi connectivity index (χ0n) is 19.1. The molecule has 0 saturated carbocycles. The van der Waals surface area contributed by atoms with Crippen LogP contribution in [0.15, 0.2) is 83.5 Å². The average molecular weight is 442 g/mol. The summed E-state index contributed by atoms with van der Waals surface area (Å²) in [5.41, 5.74) is 5.07. The van der Waals surface area contributed by atoms with Crippen LogP contribution in [0, 0.1) is 0 Å². The van der Waals surface area contributed by atoms with Gasteiger partial charge in [-0.2, -0.15) is 0 Å². The van der Waals surface area contributed by atoms with Gasteiger partial charge in [0.25, 0.3) is 0 Å². The predicted molar refractivity (Wildman–Crippen MR) is 133 cm³/mol. The van der Waals surface area contributed by atoms with E-state index in [2.05, 4.69) is 5.32 Å². The first-order valence-corrected chi connectivity index (χ1v) is 11.1. The van der Waals surface area contributed by atoms with E-state index >= 15 is 0 Å². The van der Waals surface area contributed by atoms with Gasteiger partial charge in [-0.25, -0.2) is 0 Å². The molecule has 3 aromatic carbocycles. The van der Waals surface area contributed by atoms with E-state index in [9.17, 15) is 4.79 Å². The normalized spacial score (nSPS) is 11.4. The molecule has 4 rings (SSSR count). The topological polar surface area (TPSA) is 60.7 Å². The lowest BCUT2D eigenvalue weighted by Crippen LogP contribution is -2.10. The SMILES string of the molecule is CCOc1ccccc1NC(=O)/C=C(\C)c1cc2c(-c3ccccc3)coc2cc1OCC. The van der Waals surface area contributed by atoms with Crippen LogP contribution in [0.25, 0.3) is 27.7 Å². The summed E-state index contributed by atoms with van der Waals surface area (Å²) in [5, 5.41) is 3.88. The Kier molecular flexibility index (Phi) is 6.79. The van der Waals surface area contributed by atoms with Crippen LogP contribution in [0.5, 0.6) is 11.5 Å². The first-order valence-electron chi connectivity index (χ1n) is 11.1. The number of rotatable bonds is 8. The number of allylic oxidation sites excluding steroid dienone is 1. The molecule has 0 bridgehead atoms. The Bertz CT molecular complexity index is 1290. The summed E-state index contributed by atoms with van der Waals surface area (Å²) in [6.07, 6.45) is 3.34. The smallest absolute Gasteiger partial charge is 0.248 e. The molecule has 1 aromatic heterocycles. The third kappa shape index (κ3) is 4.93. The maximum absolute atomic E-state index is 12.8. The fraction of sp³-hybridized carbons (Fsp3) is 0.179. The number of nitrogens with one attached hydrogen (secondary N) is 1. The largest absolute Gasteiger partial charge is 0.493 e.